The summed E-state index contributed by atoms with van der Waals surface area (Å²) in [5, 5.41) is 3.06. The molecule has 56 valence electrons. The van der Waals surface area contributed by atoms with Crippen LogP contribution < -0.4 is 0 Å². The summed E-state index contributed by atoms with van der Waals surface area (Å²) in [7, 11) is 1.26. The smallest absolute Gasteiger partial charge is 0.376 e. The molecule has 0 saturated heterocycles. The second kappa shape index (κ2) is 4.55. The van der Waals surface area contributed by atoms with Crippen molar-refractivity contribution < 1.29 is 14.4 Å². The highest BCUT2D eigenvalue weighted by Gasteiger charge is 2.08. The highest BCUT2D eigenvalue weighted by molar-refractivity contribution is 5.85. The second-order valence-electron chi connectivity index (χ2n) is 1.36. The molecular formula is C6H9NO3. The highest BCUT2D eigenvalue weighted by Crippen LogP contribution is 1.98. The van der Waals surface area contributed by atoms with Gasteiger partial charge in [0.2, 0.25) is 5.76 Å². The lowest BCUT2D eigenvalue weighted by Crippen LogP contribution is -2.05. The Hall–Kier alpha value is -1.32. The van der Waals surface area contributed by atoms with E-state index in [0.717, 1.165) is 0 Å². The monoisotopic (exact) mass is 143 g/mol. The van der Waals surface area contributed by atoms with Crippen molar-refractivity contribution in [1.29, 1.82) is 0 Å². The first-order valence-electron chi connectivity index (χ1n) is 2.64. The van der Waals surface area contributed by atoms with Crippen LogP contribution in [0.25, 0.3) is 0 Å². The lowest BCUT2D eigenvalue weighted by molar-refractivity contribution is -0.140. The van der Waals surface area contributed by atoms with Crippen molar-refractivity contribution in [1.82, 2.24) is 0 Å². The zero-order valence-corrected chi connectivity index (χ0v) is 5.96. The van der Waals surface area contributed by atoms with E-state index in [-0.39, 0.29) is 5.76 Å². The lowest BCUT2D eigenvalue weighted by Gasteiger charge is -1.98. The predicted molar refractivity (Wildman–Crippen MR) is 36.4 cm³/mol. The Morgan fingerprint density at radius 1 is 1.70 bits per heavy atom. The highest BCUT2D eigenvalue weighted by atomic mass is 16.7. The van der Waals surface area contributed by atoms with E-state index in [1.54, 1.807) is 6.92 Å². The largest absolute Gasteiger partial charge is 0.463 e. The molecule has 0 saturated carbocycles. The predicted octanol–water partition coefficient (Wildman–Crippen LogP) is 0.695. The maximum Gasteiger partial charge on any atom is 0.376 e. The van der Waals surface area contributed by atoms with E-state index in [1.165, 1.54) is 13.2 Å². The standard InChI is InChI=1S/C6H9NO3/c1-4-5(10-7-2)6(8)9-3/h4H,2H2,1,3H3/b5-4-. The number of nitrogens with zero attached hydrogens (tertiary/aromatic N) is 1. The minimum Gasteiger partial charge on any atom is -0.463 e. The molecule has 0 fully saturated rings. The van der Waals surface area contributed by atoms with Gasteiger partial charge in [-0.3, -0.25) is 0 Å². The molecule has 0 radical (unpaired) electrons. The second-order valence-corrected chi connectivity index (χ2v) is 1.36. The van der Waals surface area contributed by atoms with Crippen molar-refractivity contribution in [3.63, 3.8) is 0 Å². The zero-order chi connectivity index (χ0) is 7.98. The van der Waals surface area contributed by atoms with Crippen LogP contribution in [0.1, 0.15) is 6.92 Å². The molecule has 0 bridgehead atoms. The van der Waals surface area contributed by atoms with Gasteiger partial charge in [0.25, 0.3) is 0 Å². The van der Waals surface area contributed by atoms with Gasteiger partial charge in [-0.25, -0.2) is 4.79 Å². The Labute approximate surface area is 59.1 Å². The summed E-state index contributed by atoms with van der Waals surface area (Å²) in [6.07, 6.45) is 1.44. The van der Waals surface area contributed by atoms with Crippen molar-refractivity contribution in [3.05, 3.63) is 11.8 Å². The summed E-state index contributed by atoms with van der Waals surface area (Å²) in [6.45, 7) is 4.68. The molecule has 0 aliphatic heterocycles. The van der Waals surface area contributed by atoms with E-state index in [0.29, 0.717) is 0 Å². The fourth-order valence-electron chi connectivity index (χ4n) is 0.378. The van der Waals surface area contributed by atoms with Gasteiger partial charge in [-0.05, 0) is 13.0 Å². The van der Waals surface area contributed by atoms with E-state index in [4.69, 9.17) is 0 Å². The molecule has 0 amide bonds. The van der Waals surface area contributed by atoms with Gasteiger partial charge in [0.1, 0.15) is 0 Å². The zero-order valence-electron chi connectivity index (χ0n) is 5.96. The molecule has 0 heterocycles. The molecule has 0 unspecified atom stereocenters. The van der Waals surface area contributed by atoms with E-state index in [2.05, 4.69) is 21.4 Å². The van der Waals surface area contributed by atoms with Gasteiger partial charge in [-0.2, -0.15) is 0 Å². The number of carbonyl (C=O) groups is 1. The minimum absolute atomic E-state index is 0.0394. The Morgan fingerprint density at radius 3 is 2.60 bits per heavy atom. The van der Waals surface area contributed by atoms with Crippen LogP contribution >= 0.6 is 0 Å². The third-order valence-electron chi connectivity index (χ3n) is 0.812. The number of ether oxygens (including phenoxy) is 1. The van der Waals surface area contributed by atoms with Gasteiger partial charge in [0.15, 0.2) is 0 Å². The molecule has 0 atom stereocenters. The number of esters is 1. The number of hydrogen-bond donors (Lipinski definition) is 0. The van der Waals surface area contributed by atoms with Crippen molar-refractivity contribution in [2.45, 2.75) is 6.92 Å². The van der Waals surface area contributed by atoms with Gasteiger partial charge >= 0.3 is 5.97 Å². The molecule has 0 N–H and O–H groups in total. The SMILES string of the molecule is C=NO/C(=C\C)C(=O)OC. The van der Waals surface area contributed by atoms with E-state index in [9.17, 15) is 4.79 Å². The van der Waals surface area contributed by atoms with Gasteiger partial charge in [0, 0.05) is 6.72 Å². The summed E-state index contributed by atoms with van der Waals surface area (Å²) in [5.74, 6) is -0.521. The molecule has 0 spiro atoms. The number of hydrogen-bond acceptors (Lipinski definition) is 4. The van der Waals surface area contributed by atoms with Crippen molar-refractivity contribution in [3.8, 4) is 0 Å². The first kappa shape index (κ1) is 8.68. The van der Waals surface area contributed by atoms with Crippen LogP contribution in [0, 0.1) is 0 Å². The Morgan fingerprint density at radius 2 is 2.30 bits per heavy atom. The Bertz CT molecular complexity index is 162. The molecule has 0 aliphatic rings. The first-order chi connectivity index (χ1) is 4.76. The summed E-state index contributed by atoms with van der Waals surface area (Å²) >= 11 is 0. The number of allylic oxidation sites excluding steroid dienone is 1. The first-order valence-corrected chi connectivity index (χ1v) is 2.64. The van der Waals surface area contributed by atoms with Crippen molar-refractivity contribution in [2.75, 3.05) is 7.11 Å². The molecular weight excluding hydrogens is 134 g/mol. The Balaban J connectivity index is 4.08. The molecule has 4 nitrogen and oxygen atoms in total. The molecule has 4 heteroatoms. The molecule has 0 aromatic rings. The third-order valence-corrected chi connectivity index (χ3v) is 0.812. The minimum atomic E-state index is -0.560. The van der Waals surface area contributed by atoms with E-state index in [1.807, 2.05) is 0 Å². The van der Waals surface area contributed by atoms with Crippen molar-refractivity contribution in [2.24, 2.45) is 5.16 Å². The van der Waals surface area contributed by atoms with Gasteiger partial charge < -0.3 is 9.57 Å². The average Bonchev–Trinajstić information content (AvgIpc) is 1.99. The summed E-state index contributed by atoms with van der Waals surface area (Å²) < 4.78 is 4.34. The van der Waals surface area contributed by atoms with Gasteiger partial charge in [-0.15, -0.1) is 0 Å². The summed E-state index contributed by atoms with van der Waals surface area (Å²) in [4.78, 5) is 15.1. The van der Waals surface area contributed by atoms with Crippen LogP contribution in [0.15, 0.2) is 17.0 Å². The van der Waals surface area contributed by atoms with E-state index >= 15 is 0 Å². The van der Waals surface area contributed by atoms with Gasteiger partial charge in [-0.1, -0.05) is 5.16 Å². The quantitative estimate of drug-likeness (QED) is 0.192. The third kappa shape index (κ3) is 2.30. The maximum atomic E-state index is 10.6. The molecule has 0 aliphatic carbocycles. The molecule has 0 rings (SSSR count). The summed E-state index contributed by atoms with van der Waals surface area (Å²) in [5.41, 5.74) is 0. The number of carbonyl (C=O) groups excluding carboxylic acids is 1. The van der Waals surface area contributed by atoms with Crippen molar-refractivity contribution >= 4 is 12.7 Å². The molecule has 0 aromatic carbocycles. The average molecular weight is 143 g/mol. The maximum absolute atomic E-state index is 10.6. The van der Waals surface area contributed by atoms with Crippen LogP contribution in [0.3, 0.4) is 0 Å². The topological polar surface area (TPSA) is 47.9 Å². The fraction of sp³-hybridized carbons (Fsp3) is 0.333. The number of rotatable bonds is 3. The lowest BCUT2D eigenvalue weighted by atomic mass is 10.5. The van der Waals surface area contributed by atoms with Crippen LogP contribution in [0.4, 0.5) is 0 Å². The summed E-state index contributed by atoms with van der Waals surface area (Å²) in [6, 6.07) is 0. The molecule has 10 heavy (non-hydrogen) atoms. The Kier molecular flexibility index (Phi) is 3.95. The van der Waals surface area contributed by atoms with Crippen LogP contribution in [0.5, 0.6) is 0 Å². The van der Waals surface area contributed by atoms with E-state index < -0.39 is 5.97 Å². The van der Waals surface area contributed by atoms with Crippen LogP contribution in [-0.2, 0) is 14.4 Å². The number of oxime groups is 1. The normalized spacial score (nSPS) is 10.4. The van der Waals surface area contributed by atoms with Crippen LogP contribution in [-0.4, -0.2) is 19.8 Å². The molecule has 0 aromatic heterocycles. The fourth-order valence-corrected chi connectivity index (χ4v) is 0.378. The van der Waals surface area contributed by atoms with Gasteiger partial charge in [0.05, 0.1) is 7.11 Å². The number of methoxy groups -OCH3 is 1. The van der Waals surface area contributed by atoms with Crippen LogP contribution in [0.2, 0.25) is 0 Å².